The second-order valence-electron chi connectivity index (χ2n) is 8.27. The monoisotopic (exact) mass is 405 g/mol. The van der Waals surface area contributed by atoms with Gasteiger partial charge in [0, 0.05) is 12.4 Å². The number of hydrogen-bond acceptors (Lipinski definition) is 1. The molecule has 0 amide bonds. The van der Waals surface area contributed by atoms with E-state index in [-0.39, 0.29) is 0 Å². The Morgan fingerprint density at radius 1 is 0.419 bits per heavy atom. The molecule has 0 aliphatic rings. The van der Waals surface area contributed by atoms with E-state index in [2.05, 4.69) is 96.0 Å². The number of aryl methyl sites for hydroxylation is 2. The fraction of sp³-hybridized carbons (Fsp3) is 0.233. The normalized spacial score (nSPS) is 10.8. The summed E-state index contributed by atoms with van der Waals surface area (Å²) in [5, 5.41) is 0. The number of pyridine rings is 1. The molecular formula is C30H31N. The molecule has 0 aliphatic carbocycles. The Hall–Kier alpha value is -3.19. The van der Waals surface area contributed by atoms with Gasteiger partial charge in [-0.2, -0.15) is 0 Å². The van der Waals surface area contributed by atoms with E-state index < -0.39 is 0 Å². The molecule has 0 saturated heterocycles. The van der Waals surface area contributed by atoms with E-state index in [1.54, 1.807) is 0 Å². The van der Waals surface area contributed by atoms with Gasteiger partial charge in [0.05, 0.1) is 0 Å². The molecule has 0 radical (unpaired) electrons. The Morgan fingerprint density at radius 3 is 1.45 bits per heavy atom. The van der Waals surface area contributed by atoms with E-state index in [1.165, 1.54) is 71.9 Å². The van der Waals surface area contributed by atoms with Crippen LogP contribution in [0.3, 0.4) is 0 Å². The SMILES string of the molecule is c1ccc(-c2cc(CCCCCCCc3ccncc3)cc(-c3ccccc3)c2)cc1. The molecule has 0 bridgehead atoms. The average Bonchev–Trinajstić information content (AvgIpc) is 2.85. The van der Waals surface area contributed by atoms with Gasteiger partial charge >= 0.3 is 0 Å². The van der Waals surface area contributed by atoms with Crippen molar-refractivity contribution in [2.24, 2.45) is 0 Å². The van der Waals surface area contributed by atoms with Crippen molar-refractivity contribution in [2.45, 2.75) is 44.9 Å². The number of nitrogens with zero attached hydrogens (tertiary/aromatic N) is 1. The van der Waals surface area contributed by atoms with Crippen LogP contribution in [-0.4, -0.2) is 4.98 Å². The van der Waals surface area contributed by atoms with Crippen molar-refractivity contribution >= 4 is 0 Å². The first-order valence-electron chi connectivity index (χ1n) is 11.5. The quantitative estimate of drug-likeness (QED) is 0.243. The summed E-state index contributed by atoms with van der Waals surface area (Å²) in [4.78, 5) is 4.09. The molecule has 0 aliphatic heterocycles. The number of hydrogen-bond donors (Lipinski definition) is 0. The molecule has 1 heteroatoms. The fourth-order valence-corrected chi connectivity index (χ4v) is 4.17. The number of aromatic nitrogens is 1. The summed E-state index contributed by atoms with van der Waals surface area (Å²) in [5.74, 6) is 0. The van der Waals surface area contributed by atoms with Crippen LogP contribution < -0.4 is 0 Å². The van der Waals surface area contributed by atoms with Gasteiger partial charge in [-0.05, 0) is 77.3 Å². The summed E-state index contributed by atoms with van der Waals surface area (Å²) >= 11 is 0. The Balaban J connectivity index is 1.35. The molecule has 1 aromatic heterocycles. The van der Waals surface area contributed by atoms with Crippen molar-refractivity contribution in [3.8, 4) is 22.3 Å². The molecule has 3 aromatic carbocycles. The van der Waals surface area contributed by atoms with Gasteiger partial charge in [0.15, 0.2) is 0 Å². The minimum Gasteiger partial charge on any atom is -0.265 e. The highest BCUT2D eigenvalue weighted by Gasteiger charge is 2.06. The fourth-order valence-electron chi connectivity index (χ4n) is 4.17. The van der Waals surface area contributed by atoms with E-state index in [0.717, 1.165) is 6.42 Å². The Labute approximate surface area is 186 Å². The van der Waals surface area contributed by atoms with Crippen LogP contribution >= 0.6 is 0 Å². The van der Waals surface area contributed by atoms with Crippen molar-refractivity contribution < 1.29 is 0 Å². The molecule has 4 aromatic rings. The third-order valence-electron chi connectivity index (χ3n) is 5.89. The van der Waals surface area contributed by atoms with Gasteiger partial charge < -0.3 is 0 Å². The maximum Gasteiger partial charge on any atom is 0.0270 e. The third kappa shape index (κ3) is 6.39. The second kappa shape index (κ2) is 11.3. The molecule has 0 saturated carbocycles. The first-order chi connectivity index (χ1) is 15.4. The van der Waals surface area contributed by atoms with Crippen LogP contribution in [-0.2, 0) is 12.8 Å². The number of benzene rings is 3. The van der Waals surface area contributed by atoms with Crippen molar-refractivity contribution in [3.63, 3.8) is 0 Å². The van der Waals surface area contributed by atoms with E-state index in [4.69, 9.17) is 0 Å². The highest BCUT2D eigenvalue weighted by Crippen LogP contribution is 2.29. The smallest absolute Gasteiger partial charge is 0.0270 e. The summed E-state index contributed by atoms with van der Waals surface area (Å²) in [7, 11) is 0. The van der Waals surface area contributed by atoms with Crippen LogP contribution in [0.2, 0.25) is 0 Å². The molecule has 1 heterocycles. The molecular weight excluding hydrogens is 374 g/mol. The van der Waals surface area contributed by atoms with Crippen molar-refractivity contribution in [1.82, 2.24) is 4.98 Å². The zero-order valence-electron chi connectivity index (χ0n) is 18.2. The van der Waals surface area contributed by atoms with Crippen LogP contribution in [0.15, 0.2) is 103 Å². The summed E-state index contributed by atoms with van der Waals surface area (Å²) in [6, 6.07) is 32.8. The van der Waals surface area contributed by atoms with Gasteiger partial charge in [-0.25, -0.2) is 0 Å². The Kier molecular flexibility index (Phi) is 7.65. The van der Waals surface area contributed by atoms with Crippen LogP contribution in [0.4, 0.5) is 0 Å². The summed E-state index contributed by atoms with van der Waals surface area (Å²) in [5.41, 5.74) is 8.05. The lowest BCUT2D eigenvalue weighted by Crippen LogP contribution is -1.91. The zero-order chi connectivity index (χ0) is 21.1. The van der Waals surface area contributed by atoms with Crippen molar-refractivity contribution in [1.29, 1.82) is 0 Å². The van der Waals surface area contributed by atoms with Gasteiger partial charge in [-0.15, -0.1) is 0 Å². The predicted molar refractivity (Wildman–Crippen MR) is 132 cm³/mol. The topological polar surface area (TPSA) is 12.9 Å². The lowest BCUT2D eigenvalue weighted by atomic mass is 9.94. The van der Waals surface area contributed by atoms with Crippen LogP contribution in [0.5, 0.6) is 0 Å². The summed E-state index contributed by atoms with van der Waals surface area (Å²) < 4.78 is 0. The highest BCUT2D eigenvalue weighted by molar-refractivity contribution is 5.74. The molecule has 0 fully saturated rings. The van der Waals surface area contributed by atoms with Crippen LogP contribution in [0, 0.1) is 0 Å². The lowest BCUT2D eigenvalue weighted by molar-refractivity contribution is 0.613. The van der Waals surface area contributed by atoms with E-state index >= 15 is 0 Å². The van der Waals surface area contributed by atoms with Crippen LogP contribution in [0.25, 0.3) is 22.3 Å². The molecule has 1 nitrogen and oxygen atoms in total. The lowest BCUT2D eigenvalue weighted by Gasteiger charge is -2.11. The predicted octanol–water partition coefficient (Wildman–Crippen LogP) is 8.15. The van der Waals surface area contributed by atoms with Gasteiger partial charge in [0.1, 0.15) is 0 Å². The van der Waals surface area contributed by atoms with Gasteiger partial charge in [-0.3, -0.25) is 4.98 Å². The maximum atomic E-state index is 4.09. The summed E-state index contributed by atoms with van der Waals surface area (Å²) in [6.45, 7) is 0. The molecule has 4 rings (SSSR count). The first kappa shape index (κ1) is 21.1. The molecule has 0 atom stereocenters. The summed E-state index contributed by atoms with van der Waals surface area (Å²) in [6.07, 6.45) is 12.5. The molecule has 31 heavy (non-hydrogen) atoms. The molecule has 156 valence electrons. The minimum atomic E-state index is 1.14. The minimum absolute atomic E-state index is 1.14. The Morgan fingerprint density at radius 2 is 0.903 bits per heavy atom. The van der Waals surface area contributed by atoms with Gasteiger partial charge in [-0.1, -0.05) is 92.1 Å². The first-order valence-corrected chi connectivity index (χ1v) is 11.5. The zero-order valence-corrected chi connectivity index (χ0v) is 18.2. The molecule has 0 unspecified atom stereocenters. The largest absolute Gasteiger partial charge is 0.265 e. The number of rotatable bonds is 10. The molecule has 0 spiro atoms. The van der Waals surface area contributed by atoms with Crippen molar-refractivity contribution in [3.05, 3.63) is 115 Å². The standard InChI is InChI=1S/C30H31N/c1(2-6-12-25-18-20-31-21-19-25)3-7-13-26-22-29(27-14-8-4-9-15-27)24-30(23-26)28-16-10-5-11-17-28/h4-5,8-11,14-24H,1-3,6-7,12-13H2. The molecule has 0 N–H and O–H groups in total. The Bertz CT molecular complexity index is 982. The highest BCUT2D eigenvalue weighted by atomic mass is 14.6. The van der Waals surface area contributed by atoms with Crippen molar-refractivity contribution in [2.75, 3.05) is 0 Å². The van der Waals surface area contributed by atoms with E-state index in [0.29, 0.717) is 0 Å². The maximum absolute atomic E-state index is 4.09. The van der Waals surface area contributed by atoms with E-state index in [1.807, 2.05) is 12.4 Å². The van der Waals surface area contributed by atoms with Crippen LogP contribution in [0.1, 0.15) is 43.2 Å². The average molecular weight is 406 g/mol. The van der Waals surface area contributed by atoms with Gasteiger partial charge in [0.25, 0.3) is 0 Å². The third-order valence-corrected chi connectivity index (χ3v) is 5.89. The second-order valence-corrected chi connectivity index (χ2v) is 8.27. The van der Waals surface area contributed by atoms with E-state index in [9.17, 15) is 0 Å². The van der Waals surface area contributed by atoms with Gasteiger partial charge in [0.2, 0.25) is 0 Å². The number of unbranched alkanes of at least 4 members (excludes halogenated alkanes) is 4.